The number of anilines is 1. The second-order valence-corrected chi connectivity index (χ2v) is 4.58. The van der Waals surface area contributed by atoms with Crippen molar-refractivity contribution in [2.45, 2.75) is 13.0 Å². The Morgan fingerprint density at radius 1 is 1.21 bits per heavy atom. The van der Waals surface area contributed by atoms with Gasteiger partial charge in [-0.2, -0.15) is 0 Å². The van der Waals surface area contributed by atoms with E-state index >= 15 is 0 Å². The van der Waals surface area contributed by atoms with Crippen molar-refractivity contribution in [1.82, 2.24) is 0 Å². The summed E-state index contributed by atoms with van der Waals surface area (Å²) in [5.74, 6) is 0.135. The van der Waals surface area contributed by atoms with Crippen LogP contribution in [0, 0.1) is 0 Å². The van der Waals surface area contributed by atoms with Gasteiger partial charge in [0.05, 0.1) is 18.9 Å². The highest BCUT2D eigenvalue weighted by atomic mass is 16.6. The summed E-state index contributed by atoms with van der Waals surface area (Å²) in [5.41, 5.74) is 1.01. The van der Waals surface area contributed by atoms with Crippen molar-refractivity contribution in [2.24, 2.45) is 0 Å². The molecule has 0 radical (unpaired) electrons. The number of hydrogen-bond acceptors (Lipinski definition) is 4. The minimum absolute atomic E-state index is 0.102. The van der Waals surface area contributed by atoms with Gasteiger partial charge in [-0.15, -0.1) is 0 Å². The lowest BCUT2D eigenvalue weighted by atomic mass is 10.2. The van der Waals surface area contributed by atoms with Crippen LogP contribution < -0.4 is 9.64 Å². The number of hydrogen-bond donors (Lipinski definition) is 0. The van der Waals surface area contributed by atoms with E-state index in [2.05, 4.69) is 0 Å². The summed E-state index contributed by atoms with van der Waals surface area (Å²) < 4.78 is 10.6. The molecule has 0 spiro atoms. The molecule has 2 amide bonds. The van der Waals surface area contributed by atoms with Crippen molar-refractivity contribution in [3.63, 3.8) is 0 Å². The Morgan fingerprint density at radius 2 is 1.89 bits per heavy atom. The standard InChI is InChI=1S/C14H13NO4/c1-9-6-13(16)15(14(9)17)10-2-4-11(5-3-10)19-12-7-18-8-12/h2-6,12H,7-8H2,1H3. The molecule has 0 unspecified atom stereocenters. The Hall–Kier alpha value is -2.14. The molecule has 5 nitrogen and oxygen atoms in total. The zero-order valence-corrected chi connectivity index (χ0v) is 10.5. The van der Waals surface area contributed by atoms with Crippen molar-refractivity contribution in [2.75, 3.05) is 18.1 Å². The molecule has 98 valence electrons. The van der Waals surface area contributed by atoms with Crippen LogP contribution in [0.5, 0.6) is 5.75 Å². The third-order valence-corrected chi connectivity index (χ3v) is 3.11. The van der Waals surface area contributed by atoms with Crippen LogP contribution in [0.25, 0.3) is 0 Å². The summed E-state index contributed by atoms with van der Waals surface area (Å²) >= 11 is 0. The summed E-state index contributed by atoms with van der Waals surface area (Å²) in [6.45, 7) is 2.84. The van der Waals surface area contributed by atoms with Crippen LogP contribution in [0.15, 0.2) is 35.9 Å². The SMILES string of the molecule is CC1=CC(=O)N(c2ccc(OC3COC3)cc2)C1=O. The maximum atomic E-state index is 11.8. The van der Waals surface area contributed by atoms with Crippen LogP contribution in [0.1, 0.15) is 6.92 Å². The molecule has 0 aromatic heterocycles. The van der Waals surface area contributed by atoms with Gasteiger partial charge < -0.3 is 9.47 Å². The first-order valence-electron chi connectivity index (χ1n) is 6.06. The van der Waals surface area contributed by atoms with Gasteiger partial charge in [0.2, 0.25) is 0 Å². The first-order chi connectivity index (χ1) is 9.15. The van der Waals surface area contributed by atoms with Gasteiger partial charge in [0, 0.05) is 11.6 Å². The van der Waals surface area contributed by atoms with Gasteiger partial charge >= 0.3 is 0 Å². The second kappa shape index (κ2) is 4.51. The Balaban J connectivity index is 1.75. The third kappa shape index (κ3) is 2.13. The number of ether oxygens (including phenoxy) is 2. The monoisotopic (exact) mass is 259 g/mol. The van der Waals surface area contributed by atoms with E-state index in [4.69, 9.17) is 9.47 Å². The maximum absolute atomic E-state index is 11.8. The Morgan fingerprint density at radius 3 is 2.37 bits per heavy atom. The number of rotatable bonds is 3. The van der Waals surface area contributed by atoms with Crippen molar-refractivity contribution in [3.05, 3.63) is 35.9 Å². The predicted octanol–water partition coefficient (Wildman–Crippen LogP) is 1.28. The summed E-state index contributed by atoms with van der Waals surface area (Å²) in [7, 11) is 0. The molecule has 2 aliphatic heterocycles. The van der Waals surface area contributed by atoms with Crippen molar-refractivity contribution in [3.8, 4) is 5.75 Å². The van der Waals surface area contributed by atoms with Gasteiger partial charge in [0.25, 0.3) is 11.8 Å². The fourth-order valence-electron chi connectivity index (χ4n) is 1.98. The first-order valence-corrected chi connectivity index (χ1v) is 6.06. The zero-order valence-electron chi connectivity index (χ0n) is 10.5. The highest BCUT2D eigenvalue weighted by molar-refractivity contribution is 6.30. The van der Waals surface area contributed by atoms with Crippen molar-refractivity contribution in [1.29, 1.82) is 0 Å². The van der Waals surface area contributed by atoms with Gasteiger partial charge in [-0.25, -0.2) is 4.90 Å². The predicted molar refractivity (Wildman–Crippen MR) is 67.9 cm³/mol. The molecule has 19 heavy (non-hydrogen) atoms. The van der Waals surface area contributed by atoms with Gasteiger partial charge in [-0.05, 0) is 31.2 Å². The van der Waals surface area contributed by atoms with E-state index in [0.29, 0.717) is 30.2 Å². The molecule has 1 fully saturated rings. The number of nitrogens with zero attached hydrogens (tertiary/aromatic N) is 1. The van der Waals surface area contributed by atoms with E-state index < -0.39 is 0 Å². The third-order valence-electron chi connectivity index (χ3n) is 3.11. The number of benzene rings is 1. The molecule has 3 rings (SSSR count). The lowest BCUT2D eigenvalue weighted by Crippen LogP contribution is -2.38. The highest BCUT2D eigenvalue weighted by Gasteiger charge is 2.29. The fraction of sp³-hybridized carbons (Fsp3) is 0.286. The molecular formula is C14H13NO4. The molecule has 0 saturated carbocycles. The molecule has 0 atom stereocenters. The summed E-state index contributed by atoms with van der Waals surface area (Å²) in [4.78, 5) is 24.7. The maximum Gasteiger partial charge on any atom is 0.261 e. The fourth-order valence-corrected chi connectivity index (χ4v) is 1.98. The smallest absolute Gasteiger partial charge is 0.261 e. The van der Waals surface area contributed by atoms with E-state index in [-0.39, 0.29) is 17.9 Å². The van der Waals surface area contributed by atoms with Crippen molar-refractivity contribution < 1.29 is 19.1 Å². The first kappa shape index (κ1) is 11.9. The number of amides is 2. The Bertz CT molecular complexity index is 557. The lowest BCUT2D eigenvalue weighted by molar-refractivity contribution is -0.120. The van der Waals surface area contributed by atoms with Crippen LogP contribution in [0.4, 0.5) is 5.69 Å². The van der Waals surface area contributed by atoms with E-state index in [1.165, 1.54) is 6.08 Å². The number of carbonyl (C=O) groups excluding carboxylic acids is 2. The summed E-state index contributed by atoms with van der Waals surface area (Å²) in [6.07, 6.45) is 1.45. The normalized spacial score (nSPS) is 19.4. The average molecular weight is 259 g/mol. The van der Waals surface area contributed by atoms with Crippen LogP contribution in [-0.4, -0.2) is 31.1 Å². The van der Waals surface area contributed by atoms with E-state index in [0.717, 1.165) is 4.90 Å². The highest BCUT2D eigenvalue weighted by Crippen LogP contribution is 2.25. The largest absolute Gasteiger partial charge is 0.486 e. The Labute approximate surface area is 110 Å². The average Bonchev–Trinajstić information content (AvgIpc) is 2.59. The molecule has 5 heteroatoms. The van der Waals surface area contributed by atoms with Crippen LogP contribution in [-0.2, 0) is 14.3 Å². The Kier molecular flexibility index (Phi) is 2.83. The molecule has 0 N–H and O–H groups in total. The summed E-state index contributed by atoms with van der Waals surface area (Å²) in [5, 5.41) is 0. The van der Waals surface area contributed by atoms with Gasteiger partial charge in [0.15, 0.2) is 0 Å². The zero-order chi connectivity index (χ0) is 13.4. The molecule has 2 heterocycles. The van der Waals surface area contributed by atoms with E-state index in [1.807, 2.05) is 0 Å². The van der Waals surface area contributed by atoms with Crippen molar-refractivity contribution >= 4 is 17.5 Å². The minimum atomic E-state index is -0.302. The van der Waals surface area contributed by atoms with Gasteiger partial charge in [0.1, 0.15) is 11.9 Å². The quantitative estimate of drug-likeness (QED) is 0.767. The summed E-state index contributed by atoms with van der Waals surface area (Å²) in [6, 6.07) is 6.91. The molecule has 2 aliphatic rings. The minimum Gasteiger partial charge on any atom is -0.486 e. The molecule has 1 saturated heterocycles. The van der Waals surface area contributed by atoms with Crippen LogP contribution >= 0.6 is 0 Å². The molecule has 0 aliphatic carbocycles. The number of imide groups is 1. The second-order valence-electron chi connectivity index (χ2n) is 4.58. The van der Waals surface area contributed by atoms with Gasteiger partial charge in [-0.3, -0.25) is 9.59 Å². The number of carbonyl (C=O) groups is 2. The molecular weight excluding hydrogens is 246 g/mol. The lowest BCUT2D eigenvalue weighted by Gasteiger charge is -2.26. The van der Waals surface area contributed by atoms with Gasteiger partial charge in [-0.1, -0.05) is 0 Å². The van der Waals surface area contributed by atoms with Crippen LogP contribution in [0.2, 0.25) is 0 Å². The molecule has 0 bridgehead atoms. The van der Waals surface area contributed by atoms with Crippen LogP contribution in [0.3, 0.4) is 0 Å². The van der Waals surface area contributed by atoms with E-state index in [9.17, 15) is 9.59 Å². The topological polar surface area (TPSA) is 55.8 Å². The molecule has 1 aromatic carbocycles. The van der Waals surface area contributed by atoms with E-state index in [1.54, 1.807) is 31.2 Å². The molecule has 1 aromatic rings.